The Morgan fingerprint density at radius 2 is 1.84 bits per heavy atom. The maximum Gasteiger partial charge on any atom is 0.416 e. The molecule has 1 amide bonds. The first kappa shape index (κ1) is 25.7. The molecule has 198 valence electrons. The lowest BCUT2D eigenvalue weighted by molar-refractivity contribution is -0.138. The molecule has 1 aliphatic heterocycles. The number of fused-ring (bicyclic) bond motifs is 1. The maximum absolute atomic E-state index is 13.9. The number of aromatic nitrogens is 2. The van der Waals surface area contributed by atoms with E-state index in [1.54, 1.807) is 42.7 Å². The summed E-state index contributed by atoms with van der Waals surface area (Å²) in [6.07, 6.45) is -1.18. The van der Waals surface area contributed by atoms with Gasteiger partial charge in [-0.25, -0.2) is 4.98 Å². The molecule has 2 aromatic carbocycles. The third-order valence-corrected chi connectivity index (χ3v) is 6.72. The molecule has 5 rings (SSSR count). The van der Waals surface area contributed by atoms with E-state index in [2.05, 4.69) is 27.1 Å². The summed E-state index contributed by atoms with van der Waals surface area (Å²) in [5, 5.41) is 3.39. The van der Waals surface area contributed by atoms with Crippen LogP contribution in [0.25, 0.3) is 11.0 Å². The van der Waals surface area contributed by atoms with Gasteiger partial charge in [-0.1, -0.05) is 19.1 Å². The van der Waals surface area contributed by atoms with Gasteiger partial charge in [-0.15, -0.1) is 0 Å². The van der Waals surface area contributed by atoms with Gasteiger partial charge >= 0.3 is 6.18 Å². The first-order valence-electron chi connectivity index (χ1n) is 12.5. The molecule has 0 spiro atoms. The first-order valence-corrected chi connectivity index (χ1v) is 12.5. The molecule has 4 aromatic rings. The van der Waals surface area contributed by atoms with E-state index in [4.69, 9.17) is 4.74 Å². The van der Waals surface area contributed by atoms with E-state index in [0.29, 0.717) is 17.1 Å². The largest absolute Gasteiger partial charge is 0.457 e. The number of H-pyrrole nitrogens is 1. The van der Waals surface area contributed by atoms with Gasteiger partial charge in [-0.05, 0) is 54.6 Å². The van der Waals surface area contributed by atoms with Gasteiger partial charge in [0.1, 0.15) is 17.1 Å². The van der Waals surface area contributed by atoms with Crippen LogP contribution in [-0.2, 0) is 12.7 Å². The average molecular weight is 524 g/mol. The van der Waals surface area contributed by atoms with Crippen molar-refractivity contribution in [3.05, 3.63) is 83.7 Å². The molecule has 0 atom stereocenters. The lowest BCUT2D eigenvalue weighted by Gasteiger charge is -2.34. The number of amides is 1. The lowest BCUT2D eigenvalue weighted by atomic mass is 10.0. The second kappa shape index (κ2) is 10.8. The van der Waals surface area contributed by atoms with Crippen molar-refractivity contribution in [3.63, 3.8) is 0 Å². The minimum atomic E-state index is -4.54. The number of hydrogen-bond donors (Lipinski definition) is 2. The van der Waals surface area contributed by atoms with Gasteiger partial charge in [0.2, 0.25) is 0 Å². The van der Waals surface area contributed by atoms with E-state index in [-0.39, 0.29) is 23.4 Å². The normalized spacial score (nSPS) is 15.1. The third kappa shape index (κ3) is 5.81. The van der Waals surface area contributed by atoms with Crippen molar-refractivity contribution in [2.45, 2.75) is 19.6 Å². The molecule has 0 radical (unpaired) electrons. The Kier molecular flexibility index (Phi) is 7.35. The van der Waals surface area contributed by atoms with E-state index in [1.807, 2.05) is 11.0 Å². The summed E-state index contributed by atoms with van der Waals surface area (Å²) >= 11 is 0. The van der Waals surface area contributed by atoms with Gasteiger partial charge in [0, 0.05) is 56.4 Å². The third-order valence-electron chi connectivity index (χ3n) is 6.72. The number of rotatable bonds is 7. The van der Waals surface area contributed by atoms with E-state index in [0.717, 1.165) is 44.2 Å². The van der Waals surface area contributed by atoms with Crippen molar-refractivity contribution in [2.75, 3.05) is 38.0 Å². The van der Waals surface area contributed by atoms with Crippen LogP contribution in [0.5, 0.6) is 11.5 Å². The summed E-state index contributed by atoms with van der Waals surface area (Å²) in [6.45, 7) is 6.34. The molecule has 3 heterocycles. The standard InChI is InChI=1S/C28H28F3N5O2/c1-2-35-12-14-36(15-13-35)18-20-6-7-21(17-24(20)28(29,30)31)34-27(37)19-4-3-5-22(16-19)38-25-9-11-33-26-23(25)8-10-32-26/h3-11,16-17H,2,12-15,18H2,1H3,(H,32,33)(H,34,37). The molecule has 0 unspecified atom stereocenters. The van der Waals surface area contributed by atoms with Crippen LogP contribution in [0.1, 0.15) is 28.4 Å². The fraction of sp³-hybridized carbons (Fsp3) is 0.286. The molecule has 10 heteroatoms. The predicted molar refractivity (Wildman–Crippen MR) is 139 cm³/mol. The molecule has 0 saturated carbocycles. The number of ether oxygens (including phenoxy) is 1. The zero-order valence-electron chi connectivity index (χ0n) is 20.9. The molecule has 38 heavy (non-hydrogen) atoms. The topological polar surface area (TPSA) is 73.5 Å². The second-order valence-electron chi connectivity index (χ2n) is 9.21. The number of nitrogens with zero attached hydrogens (tertiary/aromatic N) is 3. The Morgan fingerprint density at radius 3 is 2.61 bits per heavy atom. The van der Waals surface area contributed by atoms with Crippen LogP contribution >= 0.6 is 0 Å². The minimum Gasteiger partial charge on any atom is -0.457 e. The molecule has 0 bridgehead atoms. The highest BCUT2D eigenvalue weighted by Crippen LogP contribution is 2.35. The smallest absolute Gasteiger partial charge is 0.416 e. The molecule has 2 aromatic heterocycles. The Hall–Kier alpha value is -3.89. The van der Waals surface area contributed by atoms with Crippen molar-refractivity contribution in [2.24, 2.45) is 0 Å². The number of benzene rings is 2. The summed E-state index contributed by atoms with van der Waals surface area (Å²) in [6, 6.07) is 14.0. The number of hydrogen-bond acceptors (Lipinski definition) is 5. The number of carbonyl (C=O) groups is 1. The van der Waals surface area contributed by atoms with E-state index >= 15 is 0 Å². The van der Waals surface area contributed by atoms with Crippen molar-refractivity contribution >= 4 is 22.6 Å². The van der Waals surface area contributed by atoms with Crippen LogP contribution in [0.4, 0.5) is 18.9 Å². The van der Waals surface area contributed by atoms with Crippen molar-refractivity contribution in [3.8, 4) is 11.5 Å². The Bertz CT molecular complexity index is 1430. The zero-order valence-corrected chi connectivity index (χ0v) is 20.9. The molecule has 1 saturated heterocycles. The Morgan fingerprint density at radius 1 is 1.05 bits per heavy atom. The molecule has 7 nitrogen and oxygen atoms in total. The summed E-state index contributed by atoms with van der Waals surface area (Å²) in [4.78, 5) is 24.5. The quantitative estimate of drug-likeness (QED) is 0.322. The fourth-order valence-corrected chi connectivity index (χ4v) is 4.62. The van der Waals surface area contributed by atoms with Gasteiger partial charge < -0.3 is 19.9 Å². The van der Waals surface area contributed by atoms with Crippen LogP contribution in [0.2, 0.25) is 0 Å². The Labute approximate surface area is 218 Å². The van der Waals surface area contributed by atoms with Gasteiger partial charge in [-0.3, -0.25) is 9.69 Å². The average Bonchev–Trinajstić information content (AvgIpc) is 3.40. The summed E-state index contributed by atoms with van der Waals surface area (Å²) in [7, 11) is 0. The lowest BCUT2D eigenvalue weighted by Crippen LogP contribution is -2.45. The van der Waals surface area contributed by atoms with Gasteiger partial charge in [0.25, 0.3) is 5.91 Å². The van der Waals surface area contributed by atoms with Gasteiger partial charge in [-0.2, -0.15) is 13.2 Å². The SMILES string of the molecule is CCN1CCN(Cc2ccc(NC(=O)c3cccc(Oc4ccnc5[nH]ccc45)c3)cc2C(F)(F)F)CC1. The van der Waals surface area contributed by atoms with Crippen molar-refractivity contribution in [1.82, 2.24) is 19.8 Å². The van der Waals surface area contributed by atoms with Gasteiger partial charge in [0.05, 0.1) is 10.9 Å². The number of anilines is 1. The number of nitrogens with one attached hydrogen (secondary N) is 2. The number of pyridine rings is 1. The van der Waals surface area contributed by atoms with E-state index in [9.17, 15) is 18.0 Å². The van der Waals surface area contributed by atoms with Gasteiger partial charge in [0.15, 0.2) is 0 Å². The molecule has 1 fully saturated rings. The van der Waals surface area contributed by atoms with Crippen LogP contribution < -0.4 is 10.1 Å². The first-order chi connectivity index (χ1) is 18.3. The van der Waals surface area contributed by atoms with Crippen molar-refractivity contribution in [1.29, 1.82) is 0 Å². The molecule has 0 aliphatic carbocycles. The van der Waals surface area contributed by atoms with Crippen LogP contribution in [-0.4, -0.2) is 58.4 Å². The summed E-state index contributed by atoms with van der Waals surface area (Å²) in [5.74, 6) is 0.449. The fourth-order valence-electron chi connectivity index (χ4n) is 4.62. The highest BCUT2D eigenvalue weighted by molar-refractivity contribution is 6.04. The number of carbonyl (C=O) groups excluding carboxylic acids is 1. The highest BCUT2D eigenvalue weighted by Gasteiger charge is 2.34. The van der Waals surface area contributed by atoms with E-state index < -0.39 is 17.6 Å². The number of piperazine rings is 1. The Balaban J connectivity index is 1.31. The molecular formula is C28H28F3N5O2. The molecule has 1 aliphatic rings. The number of aromatic amines is 1. The summed E-state index contributed by atoms with van der Waals surface area (Å²) in [5.41, 5.74) is 0.468. The number of likely N-dealkylation sites (N-methyl/N-ethyl adjacent to an activating group) is 1. The molecule has 2 N–H and O–H groups in total. The number of alkyl halides is 3. The van der Waals surface area contributed by atoms with Crippen LogP contribution in [0, 0.1) is 0 Å². The monoisotopic (exact) mass is 523 g/mol. The van der Waals surface area contributed by atoms with Crippen molar-refractivity contribution < 1.29 is 22.7 Å². The minimum absolute atomic E-state index is 0.0800. The van der Waals surface area contributed by atoms with Crippen LogP contribution in [0.15, 0.2) is 67.0 Å². The molecular weight excluding hydrogens is 495 g/mol. The maximum atomic E-state index is 13.9. The summed E-state index contributed by atoms with van der Waals surface area (Å²) < 4.78 is 47.8. The van der Waals surface area contributed by atoms with Crippen LogP contribution in [0.3, 0.4) is 0 Å². The number of halogens is 3. The zero-order chi connectivity index (χ0) is 26.7. The van der Waals surface area contributed by atoms with E-state index in [1.165, 1.54) is 12.1 Å². The predicted octanol–water partition coefficient (Wildman–Crippen LogP) is 5.76. The second-order valence-corrected chi connectivity index (χ2v) is 9.21. The highest BCUT2D eigenvalue weighted by atomic mass is 19.4.